The van der Waals surface area contributed by atoms with Crippen LogP contribution in [0, 0.1) is 31.6 Å². The number of amides is 1. The normalized spacial score (nSPS) is 25.7. The van der Waals surface area contributed by atoms with E-state index in [1.54, 1.807) is 11.0 Å². The van der Waals surface area contributed by atoms with Crippen molar-refractivity contribution in [1.82, 2.24) is 4.90 Å². The molecule has 8 rings (SSSR count). The number of carbonyl (C=O) groups excluding carboxylic acids is 1. The predicted octanol–water partition coefficient (Wildman–Crippen LogP) is 9.86. The predicted molar refractivity (Wildman–Crippen MR) is 246 cm³/mol. The van der Waals surface area contributed by atoms with Gasteiger partial charge in [-0.05, 0) is 129 Å². The summed E-state index contributed by atoms with van der Waals surface area (Å²) >= 11 is 6.15. The minimum Gasteiger partial charge on any atom is -0.459 e. The lowest BCUT2D eigenvalue weighted by molar-refractivity contribution is -0.256. The molecule has 2 N–H and O–H groups in total. The number of ether oxygens (including phenoxy) is 7. The zero-order valence-corrected chi connectivity index (χ0v) is 38.3. The van der Waals surface area contributed by atoms with Crippen LogP contribution in [0.3, 0.4) is 0 Å². The van der Waals surface area contributed by atoms with Gasteiger partial charge in [-0.1, -0.05) is 42.3 Å². The number of carbonyl (C=O) groups is 1. The minimum atomic E-state index is -1.50. The smallest absolute Gasteiger partial charge is 0.410 e. The zero-order chi connectivity index (χ0) is 45.3. The third-order valence-corrected chi connectivity index (χ3v) is 13.6. The number of hydrogen-bond acceptors (Lipinski definition) is 12. The molecule has 3 aromatic rings. The minimum absolute atomic E-state index is 0.0129. The van der Waals surface area contributed by atoms with E-state index >= 15 is 0 Å². The number of aliphatic hydroxyl groups is 2. The van der Waals surface area contributed by atoms with E-state index in [2.05, 4.69) is 38.6 Å². The van der Waals surface area contributed by atoms with E-state index in [4.69, 9.17) is 54.8 Å². The molecule has 13 nitrogen and oxygen atoms in total. The fourth-order valence-corrected chi connectivity index (χ4v) is 10.4. The number of oxime groups is 1. The van der Waals surface area contributed by atoms with Crippen molar-refractivity contribution in [3.05, 3.63) is 101 Å². The van der Waals surface area contributed by atoms with Gasteiger partial charge in [-0.25, -0.2) is 4.79 Å². The van der Waals surface area contributed by atoms with Crippen LogP contribution in [0.15, 0.2) is 84.1 Å². The van der Waals surface area contributed by atoms with E-state index in [-0.39, 0.29) is 69.8 Å². The second-order valence-corrected chi connectivity index (χ2v) is 18.0. The Morgan fingerprint density at radius 3 is 2.51 bits per heavy atom. The first-order chi connectivity index (χ1) is 31.8. The molecule has 1 saturated carbocycles. The van der Waals surface area contributed by atoms with Crippen LogP contribution >= 0.6 is 11.6 Å². The first-order valence-corrected chi connectivity index (χ1v) is 23.8. The van der Waals surface area contributed by atoms with E-state index < -0.39 is 30.1 Å². The Bertz CT molecular complexity index is 2190. The van der Waals surface area contributed by atoms with Gasteiger partial charge in [0.25, 0.3) is 0 Å². The van der Waals surface area contributed by atoms with Crippen molar-refractivity contribution in [2.75, 3.05) is 45.7 Å². The molecule has 3 aliphatic heterocycles. The molecular weight excluding hydrogens is 852 g/mol. The SMILES string of the molecule is C=CCO[C@@]12Oc3ccc(Oc4ccc(C)c(C)c4)cc3[C@H]3[C@H](CCCCO)[C@@H](CCCCO)C=C(C(=NOC4CCCCO4)C[C@@H]1N(Cc1ccc4c(c1)OCO4)C(=O)OCCCl)[C@H]32. The molecule has 1 unspecified atom stereocenters. The summed E-state index contributed by atoms with van der Waals surface area (Å²) in [6.45, 7) is 9.27. The van der Waals surface area contributed by atoms with Gasteiger partial charge >= 0.3 is 6.09 Å². The Balaban J connectivity index is 1.33. The van der Waals surface area contributed by atoms with Crippen LogP contribution in [0.1, 0.15) is 92.4 Å². The summed E-state index contributed by atoms with van der Waals surface area (Å²) in [6.07, 6.45) is 10.2. The van der Waals surface area contributed by atoms with Gasteiger partial charge in [-0.15, -0.1) is 18.2 Å². The fraction of sp³-hybridized carbons (Fsp3) is 0.529. The summed E-state index contributed by atoms with van der Waals surface area (Å²) in [4.78, 5) is 22.7. The van der Waals surface area contributed by atoms with Gasteiger partial charge in [0, 0.05) is 44.1 Å². The molecular formula is C51H63ClN2O11. The number of halogens is 1. The van der Waals surface area contributed by atoms with Crippen LogP contribution in [0.25, 0.3) is 0 Å². The number of allylic oxidation sites excluding steroid dienone is 1. The molecule has 0 bridgehead atoms. The summed E-state index contributed by atoms with van der Waals surface area (Å²) < 4.78 is 44.5. The number of rotatable bonds is 20. The van der Waals surface area contributed by atoms with E-state index in [1.165, 1.54) is 5.56 Å². The van der Waals surface area contributed by atoms with Gasteiger partial charge in [0.2, 0.25) is 18.9 Å². The number of benzene rings is 3. The first-order valence-electron chi connectivity index (χ1n) is 23.3. The van der Waals surface area contributed by atoms with Crippen LogP contribution in [0.2, 0.25) is 0 Å². The Labute approximate surface area is 387 Å². The van der Waals surface area contributed by atoms with E-state index in [0.717, 1.165) is 66.5 Å². The molecule has 7 atom stereocenters. The average molecular weight is 916 g/mol. The zero-order valence-electron chi connectivity index (χ0n) is 37.6. The Morgan fingerprint density at radius 2 is 1.74 bits per heavy atom. The van der Waals surface area contributed by atoms with Gasteiger partial charge in [0.1, 0.15) is 29.9 Å². The van der Waals surface area contributed by atoms with Crippen LogP contribution < -0.4 is 18.9 Å². The molecule has 65 heavy (non-hydrogen) atoms. The summed E-state index contributed by atoms with van der Waals surface area (Å²) in [5.74, 6) is 1.09. The van der Waals surface area contributed by atoms with Crippen molar-refractivity contribution in [1.29, 1.82) is 0 Å². The molecule has 0 radical (unpaired) electrons. The van der Waals surface area contributed by atoms with Gasteiger partial charge < -0.3 is 48.2 Å². The van der Waals surface area contributed by atoms with Crippen molar-refractivity contribution in [2.24, 2.45) is 22.9 Å². The highest BCUT2D eigenvalue weighted by Crippen LogP contribution is 2.62. The summed E-state index contributed by atoms with van der Waals surface area (Å²) in [6, 6.07) is 16.8. The molecule has 350 valence electrons. The number of aliphatic hydroxyl groups excluding tert-OH is 2. The third kappa shape index (κ3) is 10.3. The molecule has 1 saturated heterocycles. The number of unbranched alkanes of at least 4 members (excludes halogenated alkanes) is 2. The lowest BCUT2D eigenvalue weighted by Gasteiger charge is -2.59. The monoisotopic (exact) mass is 914 g/mol. The Kier molecular flexibility index (Phi) is 15.6. The third-order valence-electron chi connectivity index (χ3n) is 13.5. The standard InChI is InChI=1S/C51H63ClN2O11/c1-4-23-62-51-46(54(50(57)59-25-20-52)31-35-15-18-44-45(27-35)61-32-60-44)30-42(53-65-47-13-7-10-24-58-47)40-28-36(11-5-8-21-55)39(12-6-9-22-56)48(49(40)51)41-29-38(17-19-43(41)64-51)63-37-16-14-33(2)34(3)26-37/h4,14-19,26-29,36,39,46-49,55-56H,1,5-13,20-25,30-32H2,2-3H3/t36-,39+,46-,47?,48+,49+,51+/m0/s1. The topological polar surface area (TPSA) is 147 Å². The lowest BCUT2D eigenvalue weighted by atomic mass is 9.55. The molecule has 0 spiro atoms. The molecule has 2 fully saturated rings. The largest absolute Gasteiger partial charge is 0.459 e. The van der Waals surface area contributed by atoms with Gasteiger partial charge in [0.05, 0.1) is 30.7 Å². The van der Waals surface area contributed by atoms with Gasteiger partial charge in [-0.3, -0.25) is 4.90 Å². The van der Waals surface area contributed by atoms with Crippen molar-refractivity contribution < 1.29 is 53.0 Å². The highest BCUT2D eigenvalue weighted by atomic mass is 35.5. The summed E-state index contributed by atoms with van der Waals surface area (Å²) in [7, 11) is 0. The van der Waals surface area contributed by atoms with Crippen molar-refractivity contribution in [2.45, 2.75) is 109 Å². The maximum absolute atomic E-state index is 14.7. The van der Waals surface area contributed by atoms with E-state index in [0.29, 0.717) is 54.6 Å². The van der Waals surface area contributed by atoms with Crippen LogP contribution in [-0.2, 0) is 25.6 Å². The Morgan fingerprint density at radius 1 is 0.954 bits per heavy atom. The molecule has 3 aromatic carbocycles. The number of aryl methyl sites for hydroxylation is 2. The van der Waals surface area contributed by atoms with Crippen molar-refractivity contribution >= 4 is 23.4 Å². The summed E-state index contributed by atoms with van der Waals surface area (Å²) in [5, 5.41) is 25.0. The number of alkyl halides is 1. The van der Waals surface area contributed by atoms with Crippen molar-refractivity contribution in [3.63, 3.8) is 0 Å². The van der Waals surface area contributed by atoms with Crippen LogP contribution in [0.5, 0.6) is 28.7 Å². The quantitative estimate of drug-likeness (QED) is 0.0483. The van der Waals surface area contributed by atoms with E-state index in [1.807, 2.05) is 42.5 Å². The second kappa shape index (κ2) is 21.7. The highest BCUT2D eigenvalue weighted by molar-refractivity contribution is 6.18. The molecule has 2 aliphatic carbocycles. The maximum atomic E-state index is 14.7. The summed E-state index contributed by atoms with van der Waals surface area (Å²) in [5.41, 5.74) is 5.60. The molecule has 1 amide bonds. The number of hydrogen-bond donors (Lipinski definition) is 2. The molecule has 3 heterocycles. The average Bonchev–Trinajstić information content (AvgIpc) is 3.80. The van der Waals surface area contributed by atoms with Crippen molar-refractivity contribution in [3.8, 4) is 28.7 Å². The number of nitrogens with zero attached hydrogens (tertiary/aromatic N) is 2. The maximum Gasteiger partial charge on any atom is 0.410 e. The fourth-order valence-electron chi connectivity index (χ4n) is 10.3. The Hall–Kier alpha value is -4.79. The highest BCUT2D eigenvalue weighted by Gasteiger charge is 2.66. The van der Waals surface area contributed by atoms with E-state index in [9.17, 15) is 15.0 Å². The lowest BCUT2D eigenvalue weighted by Crippen LogP contribution is -2.70. The first kappa shape index (κ1) is 46.7. The molecule has 14 heteroatoms. The van der Waals surface area contributed by atoms with Crippen LogP contribution in [-0.4, -0.2) is 90.7 Å². The number of fused-ring (bicyclic) bond motifs is 3. The van der Waals surface area contributed by atoms with Gasteiger partial charge in [0.15, 0.2) is 11.5 Å². The molecule has 5 aliphatic rings. The van der Waals surface area contributed by atoms with Gasteiger partial charge in [-0.2, -0.15) is 0 Å². The molecule has 0 aromatic heterocycles. The van der Waals surface area contributed by atoms with Crippen LogP contribution in [0.4, 0.5) is 4.79 Å². The second-order valence-electron chi connectivity index (χ2n) is 17.6.